The van der Waals surface area contributed by atoms with Crippen LogP contribution in [0.25, 0.3) is 0 Å². The molecular weight excluding hydrogens is 321 g/mol. The number of anilines is 1. The maximum Gasteiger partial charge on any atom is 0.321 e. The van der Waals surface area contributed by atoms with Gasteiger partial charge in [-0.1, -0.05) is 6.07 Å². The third-order valence-corrected chi connectivity index (χ3v) is 5.72. The predicted octanol–water partition coefficient (Wildman–Crippen LogP) is 3.08. The Morgan fingerprint density at radius 3 is 2.88 bits per heavy atom. The topological polar surface area (TPSA) is 52.7 Å². The molecule has 5 nitrogen and oxygen atoms in total. The number of carbonyl (C=O) groups is 2. The van der Waals surface area contributed by atoms with Crippen LogP contribution in [0.5, 0.6) is 0 Å². The molecule has 1 N–H and O–H groups in total. The average molecular weight is 345 g/mol. The summed E-state index contributed by atoms with van der Waals surface area (Å²) in [5, 5.41) is 2.74. The van der Waals surface area contributed by atoms with Crippen molar-refractivity contribution in [3.05, 3.63) is 30.1 Å². The van der Waals surface area contributed by atoms with E-state index in [-0.39, 0.29) is 17.8 Å². The summed E-state index contributed by atoms with van der Waals surface area (Å²) in [6.45, 7) is 2.78. The molecule has 1 atom stereocenters. The Balaban J connectivity index is 1.41. The van der Waals surface area contributed by atoms with Crippen LogP contribution in [0.3, 0.4) is 0 Å². The van der Waals surface area contributed by atoms with Gasteiger partial charge in [0.25, 0.3) is 0 Å². The maximum atomic E-state index is 13.3. The molecule has 1 aliphatic carbocycles. The summed E-state index contributed by atoms with van der Waals surface area (Å²) in [5.41, 5.74) is 0.0307. The fourth-order valence-electron chi connectivity index (χ4n) is 4.13. The lowest BCUT2D eigenvalue weighted by atomic mass is 9.78. The number of hydrogen-bond acceptors (Lipinski definition) is 2. The molecule has 25 heavy (non-hydrogen) atoms. The van der Waals surface area contributed by atoms with Crippen LogP contribution in [0, 0.1) is 17.2 Å². The van der Waals surface area contributed by atoms with E-state index in [1.54, 1.807) is 17.0 Å². The van der Waals surface area contributed by atoms with E-state index in [9.17, 15) is 14.0 Å². The quantitative estimate of drug-likeness (QED) is 0.915. The van der Waals surface area contributed by atoms with Crippen molar-refractivity contribution < 1.29 is 14.0 Å². The molecule has 0 radical (unpaired) electrons. The molecule has 0 bridgehead atoms. The zero-order valence-corrected chi connectivity index (χ0v) is 14.3. The van der Waals surface area contributed by atoms with E-state index in [0.717, 1.165) is 32.4 Å². The minimum atomic E-state index is -0.410. The molecule has 6 heteroatoms. The molecule has 0 aromatic heterocycles. The fraction of sp³-hybridized carbons (Fsp3) is 0.579. The van der Waals surface area contributed by atoms with Gasteiger partial charge < -0.3 is 15.1 Å². The first-order valence-corrected chi connectivity index (χ1v) is 9.17. The molecule has 134 valence electrons. The third-order valence-electron chi connectivity index (χ3n) is 5.72. The van der Waals surface area contributed by atoms with Gasteiger partial charge in [0.05, 0.1) is 5.41 Å². The summed E-state index contributed by atoms with van der Waals surface area (Å²) >= 11 is 0. The van der Waals surface area contributed by atoms with E-state index in [1.165, 1.54) is 25.0 Å². The van der Waals surface area contributed by atoms with Gasteiger partial charge in [-0.2, -0.15) is 0 Å². The smallest absolute Gasteiger partial charge is 0.321 e. The monoisotopic (exact) mass is 345 g/mol. The van der Waals surface area contributed by atoms with Crippen molar-refractivity contribution in [3.8, 4) is 0 Å². The van der Waals surface area contributed by atoms with Crippen molar-refractivity contribution >= 4 is 17.6 Å². The third kappa shape index (κ3) is 3.34. The van der Waals surface area contributed by atoms with Gasteiger partial charge in [-0.25, -0.2) is 9.18 Å². The molecule has 2 heterocycles. The Bertz CT molecular complexity index is 691. The maximum absolute atomic E-state index is 13.3. The molecular formula is C19H24FN3O2. The number of rotatable bonds is 3. The van der Waals surface area contributed by atoms with Crippen LogP contribution in [0.4, 0.5) is 14.9 Å². The van der Waals surface area contributed by atoms with Gasteiger partial charge in [-0.3, -0.25) is 4.79 Å². The number of nitrogens with one attached hydrogen (secondary N) is 1. The van der Waals surface area contributed by atoms with Crippen molar-refractivity contribution in [2.75, 3.05) is 31.5 Å². The van der Waals surface area contributed by atoms with Crippen LogP contribution in [-0.4, -0.2) is 47.9 Å². The van der Waals surface area contributed by atoms with Crippen LogP contribution in [-0.2, 0) is 4.79 Å². The lowest BCUT2D eigenvalue weighted by Gasteiger charge is -2.39. The molecule has 3 amide bonds. The van der Waals surface area contributed by atoms with E-state index in [2.05, 4.69) is 5.32 Å². The van der Waals surface area contributed by atoms with E-state index in [0.29, 0.717) is 24.7 Å². The molecule has 1 spiro atoms. The van der Waals surface area contributed by atoms with E-state index >= 15 is 0 Å². The van der Waals surface area contributed by atoms with Crippen LogP contribution in [0.15, 0.2) is 24.3 Å². The highest BCUT2D eigenvalue weighted by molar-refractivity contribution is 5.91. The number of halogens is 1. The van der Waals surface area contributed by atoms with Crippen molar-refractivity contribution in [1.82, 2.24) is 9.80 Å². The number of carbonyl (C=O) groups excluding carboxylic acids is 2. The average Bonchev–Trinajstić information content (AvgIpc) is 3.30. The fourth-order valence-corrected chi connectivity index (χ4v) is 4.13. The number of benzene rings is 1. The number of urea groups is 1. The summed E-state index contributed by atoms with van der Waals surface area (Å²) in [6, 6.07) is 5.62. The van der Waals surface area contributed by atoms with Gasteiger partial charge in [0, 0.05) is 31.9 Å². The van der Waals surface area contributed by atoms with Crippen molar-refractivity contribution in [2.45, 2.75) is 32.1 Å². The zero-order valence-electron chi connectivity index (χ0n) is 14.3. The molecule has 3 fully saturated rings. The minimum absolute atomic E-state index is 0.228. The molecule has 2 aliphatic heterocycles. The highest BCUT2D eigenvalue weighted by Gasteiger charge is 2.49. The van der Waals surface area contributed by atoms with E-state index in [4.69, 9.17) is 0 Å². The highest BCUT2D eigenvalue weighted by Crippen LogP contribution is 2.41. The lowest BCUT2D eigenvalue weighted by Crippen LogP contribution is -2.51. The highest BCUT2D eigenvalue weighted by atomic mass is 19.1. The molecule has 1 saturated carbocycles. The summed E-state index contributed by atoms with van der Waals surface area (Å²) in [6.07, 6.45) is 5.07. The standard InChI is InChI=1S/C19H24FN3O2/c20-15-3-1-4-16(11-15)21-18(25)23-10-8-19(13-23)7-2-9-22(17(19)24)12-14-5-6-14/h1,3-4,11,14H,2,5-10,12-13H2,(H,21,25)/t19-/m0/s1. The second kappa shape index (κ2) is 6.32. The van der Waals surface area contributed by atoms with Gasteiger partial charge >= 0.3 is 6.03 Å². The Hall–Kier alpha value is -2.11. The van der Waals surface area contributed by atoms with Crippen LogP contribution in [0.2, 0.25) is 0 Å². The predicted molar refractivity (Wildman–Crippen MR) is 92.6 cm³/mol. The summed E-state index contributed by atoms with van der Waals surface area (Å²) in [4.78, 5) is 29.2. The Morgan fingerprint density at radius 1 is 1.28 bits per heavy atom. The first-order chi connectivity index (χ1) is 12.1. The largest absolute Gasteiger partial charge is 0.342 e. The second-order valence-corrected chi connectivity index (χ2v) is 7.69. The van der Waals surface area contributed by atoms with E-state index < -0.39 is 5.41 Å². The number of hydrogen-bond donors (Lipinski definition) is 1. The first kappa shape index (κ1) is 16.4. The lowest BCUT2D eigenvalue weighted by molar-refractivity contribution is -0.145. The Morgan fingerprint density at radius 2 is 2.12 bits per heavy atom. The normalized spacial score (nSPS) is 26.4. The Kier molecular flexibility index (Phi) is 4.13. The summed E-state index contributed by atoms with van der Waals surface area (Å²) < 4.78 is 13.3. The summed E-state index contributed by atoms with van der Waals surface area (Å²) in [5.74, 6) is 0.536. The van der Waals surface area contributed by atoms with Gasteiger partial charge in [0.15, 0.2) is 0 Å². The van der Waals surface area contributed by atoms with Crippen LogP contribution < -0.4 is 5.32 Å². The van der Waals surface area contributed by atoms with Gasteiger partial charge in [0.1, 0.15) is 5.82 Å². The van der Waals surface area contributed by atoms with Gasteiger partial charge in [0.2, 0.25) is 5.91 Å². The number of likely N-dealkylation sites (tertiary alicyclic amines) is 2. The van der Waals surface area contributed by atoms with Crippen LogP contribution >= 0.6 is 0 Å². The first-order valence-electron chi connectivity index (χ1n) is 9.17. The van der Waals surface area contributed by atoms with Crippen molar-refractivity contribution in [3.63, 3.8) is 0 Å². The van der Waals surface area contributed by atoms with Gasteiger partial charge in [-0.15, -0.1) is 0 Å². The molecule has 1 aromatic rings. The van der Waals surface area contributed by atoms with Crippen molar-refractivity contribution in [1.29, 1.82) is 0 Å². The van der Waals surface area contributed by atoms with Gasteiger partial charge in [-0.05, 0) is 56.2 Å². The molecule has 3 aliphatic rings. The van der Waals surface area contributed by atoms with Crippen molar-refractivity contribution in [2.24, 2.45) is 11.3 Å². The second-order valence-electron chi connectivity index (χ2n) is 7.69. The van der Waals surface area contributed by atoms with Crippen LogP contribution in [0.1, 0.15) is 32.1 Å². The number of amides is 3. The Labute approximate surface area is 147 Å². The summed E-state index contributed by atoms with van der Waals surface area (Å²) in [7, 11) is 0. The molecule has 4 rings (SSSR count). The van der Waals surface area contributed by atoms with E-state index in [1.807, 2.05) is 4.90 Å². The molecule has 2 saturated heterocycles. The SMILES string of the molecule is O=C(Nc1cccc(F)c1)N1CC[C@@]2(CCCN(CC3CC3)C2=O)C1. The number of piperidine rings is 1. The zero-order chi connectivity index (χ0) is 17.4. The number of nitrogens with zero attached hydrogens (tertiary/aromatic N) is 2. The minimum Gasteiger partial charge on any atom is -0.342 e. The molecule has 1 aromatic carbocycles. The molecule has 0 unspecified atom stereocenters.